The molecule has 2 N–H and O–H groups in total. The van der Waals surface area contributed by atoms with Gasteiger partial charge in [-0.25, -0.2) is 4.79 Å². The summed E-state index contributed by atoms with van der Waals surface area (Å²) in [5, 5.41) is 4.40. The predicted molar refractivity (Wildman–Crippen MR) is 74.5 cm³/mol. The van der Waals surface area contributed by atoms with Crippen LogP contribution in [0.15, 0.2) is 24.4 Å². The van der Waals surface area contributed by atoms with Gasteiger partial charge >= 0.3 is 5.97 Å². The summed E-state index contributed by atoms with van der Waals surface area (Å²) in [5.74, 6) is 0.251. The fourth-order valence-corrected chi connectivity index (χ4v) is 2.95. The minimum Gasteiger partial charge on any atom is -0.465 e. The van der Waals surface area contributed by atoms with E-state index in [4.69, 9.17) is 4.74 Å². The van der Waals surface area contributed by atoms with Gasteiger partial charge in [-0.1, -0.05) is 6.07 Å². The van der Waals surface area contributed by atoms with E-state index in [0.717, 1.165) is 36.8 Å². The summed E-state index contributed by atoms with van der Waals surface area (Å²) in [7, 11) is 1.43. The number of carbonyl (C=O) groups is 1. The molecule has 0 aliphatic carbocycles. The number of rotatable bonds is 2. The lowest BCUT2D eigenvalue weighted by atomic mass is 9.89. The fourth-order valence-electron chi connectivity index (χ4n) is 2.95. The Balaban J connectivity index is 2.11. The van der Waals surface area contributed by atoms with Crippen LogP contribution in [0.25, 0.3) is 10.9 Å². The van der Waals surface area contributed by atoms with E-state index in [9.17, 15) is 4.79 Å². The zero-order valence-corrected chi connectivity index (χ0v) is 11.0. The van der Waals surface area contributed by atoms with Crippen LogP contribution in [-0.2, 0) is 4.74 Å². The summed E-state index contributed by atoms with van der Waals surface area (Å²) in [6.45, 7) is 2.08. The third kappa shape index (κ3) is 2.12. The van der Waals surface area contributed by atoms with Crippen LogP contribution in [0.4, 0.5) is 0 Å². The van der Waals surface area contributed by atoms with Crippen LogP contribution >= 0.6 is 0 Å². The van der Waals surface area contributed by atoms with Crippen molar-refractivity contribution < 1.29 is 9.53 Å². The first-order valence-corrected chi connectivity index (χ1v) is 6.70. The zero-order chi connectivity index (χ0) is 13.2. The van der Waals surface area contributed by atoms with Gasteiger partial charge in [0.25, 0.3) is 0 Å². The van der Waals surface area contributed by atoms with Crippen molar-refractivity contribution in [2.45, 2.75) is 18.8 Å². The molecule has 0 bridgehead atoms. The minimum absolute atomic E-state index is 0.264. The van der Waals surface area contributed by atoms with Crippen LogP contribution in [0, 0.1) is 0 Å². The topological polar surface area (TPSA) is 54.1 Å². The van der Waals surface area contributed by atoms with Gasteiger partial charge in [-0.15, -0.1) is 0 Å². The molecule has 0 saturated carbocycles. The number of aromatic nitrogens is 1. The maximum atomic E-state index is 11.9. The Morgan fingerprint density at radius 3 is 2.84 bits per heavy atom. The average molecular weight is 258 g/mol. The SMILES string of the molecule is COC(=O)c1cccc2[nH]cc(C3CCNCC3)c12. The molecule has 2 aromatic rings. The number of hydrogen-bond acceptors (Lipinski definition) is 3. The Labute approximate surface area is 112 Å². The highest BCUT2D eigenvalue weighted by Crippen LogP contribution is 2.33. The van der Waals surface area contributed by atoms with Crippen molar-refractivity contribution in [2.24, 2.45) is 0 Å². The molecule has 1 saturated heterocycles. The van der Waals surface area contributed by atoms with Gasteiger partial charge < -0.3 is 15.0 Å². The summed E-state index contributed by atoms with van der Waals surface area (Å²) in [4.78, 5) is 15.2. The second-order valence-corrected chi connectivity index (χ2v) is 4.99. The Hall–Kier alpha value is -1.81. The van der Waals surface area contributed by atoms with Gasteiger partial charge in [0.1, 0.15) is 0 Å². The Bertz CT molecular complexity index is 597. The molecule has 0 amide bonds. The Morgan fingerprint density at radius 2 is 2.11 bits per heavy atom. The third-order valence-electron chi connectivity index (χ3n) is 3.92. The Morgan fingerprint density at radius 1 is 1.32 bits per heavy atom. The second kappa shape index (κ2) is 5.05. The van der Waals surface area contributed by atoms with E-state index < -0.39 is 0 Å². The number of hydrogen-bond donors (Lipinski definition) is 2. The minimum atomic E-state index is -0.264. The summed E-state index contributed by atoms with van der Waals surface area (Å²) in [5.41, 5.74) is 2.92. The number of ether oxygens (including phenoxy) is 1. The van der Waals surface area contributed by atoms with Crippen LogP contribution in [-0.4, -0.2) is 31.2 Å². The van der Waals surface area contributed by atoms with Crippen LogP contribution in [0.3, 0.4) is 0 Å². The number of piperidine rings is 1. The van der Waals surface area contributed by atoms with Crippen molar-refractivity contribution in [3.63, 3.8) is 0 Å². The molecule has 1 aromatic heterocycles. The number of nitrogens with one attached hydrogen (secondary N) is 2. The van der Waals surface area contributed by atoms with Gasteiger partial charge in [-0.05, 0) is 49.5 Å². The summed E-state index contributed by atoms with van der Waals surface area (Å²) >= 11 is 0. The lowest BCUT2D eigenvalue weighted by Gasteiger charge is -2.22. The molecule has 19 heavy (non-hydrogen) atoms. The molecular formula is C15H18N2O2. The zero-order valence-electron chi connectivity index (χ0n) is 11.0. The molecule has 4 heteroatoms. The van der Waals surface area contributed by atoms with Crippen molar-refractivity contribution in [1.82, 2.24) is 10.3 Å². The van der Waals surface area contributed by atoms with Gasteiger partial charge in [0.15, 0.2) is 0 Å². The maximum Gasteiger partial charge on any atom is 0.338 e. The number of esters is 1. The van der Waals surface area contributed by atoms with Gasteiger partial charge in [0.05, 0.1) is 12.7 Å². The molecule has 0 atom stereocenters. The highest BCUT2D eigenvalue weighted by molar-refractivity contribution is 6.05. The standard InChI is InChI=1S/C15H18N2O2/c1-19-15(18)11-3-2-4-13-14(11)12(9-17-13)10-5-7-16-8-6-10/h2-4,9-10,16-17H,5-8H2,1H3. The average Bonchev–Trinajstić information content (AvgIpc) is 2.91. The molecule has 0 unspecified atom stereocenters. The molecule has 1 aliphatic rings. The maximum absolute atomic E-state index is 11.9. The van der Waals surface area contributed by atoms with Crippen molar-refractivity contribution in [2.75, 3.05) is 20.2 Å². The highest BCUT2D eigenvalue weighted by Gasteiger charge is 2.22. The first-order chi connectivity index (χ1) is 9.31. The van der Waals surface area contributed by atoms with Crippen molar-refractivity contribution in [3.05, 3.63) is 35.5 Å². The van der Waals surface area contributed by atoms with E-state index in [1.807, 2.05) is 24.4 Å². The number of aromatic amines is 1. The number of fused-ring (bicyclic) bond motifs is 1. The van der Waals surface area contributed by atoms with Crippen LogP contribution in [0.5, 0.6) is 0 Å². The smallest absolute Gasteiger partial charge is 0.338 e. The lowest BCUT2D eigenvalue weighted by Crippen LogP contribution is -2.26. The highest BCUT2D eigenvalue weighted by atomic mass is 16.5. The second-order valence-electron chi connectivity index (χ2n) is 4.99. The first kappa shape index (κ1) is 12.2. The van der Waals surface area contributed by atoms with E-state index in [1.54, 1.807) is 0 Å². The molecule has 3 rings (SSSR count). The molecule has 1 aliphatic heterocycles. The molecule has 2 heterocycles. The first-order valence-electron chi connectivity index (χ1n) is 6.70. The van der Waals surface area contributed by atoms with Gasteiger partial charge in [-0.2, -0.15) is 0 Å². The molecular weight excluding hydrogens is 240 g/mol. The van der Waals surface area contributed by atoms with Crippen LogP contribution in [0.1, 0.15) is 34.7 Å². The molecule has 0 spiro atoms. The van der Waals surface area contributed by atoms with Crippen molar-refractivity contribution in [1.29, 1.82) is 0 Å². The van der Waals surface area contributed by atoms with Gasteiger partial charge in [0, 0.05) is 17.1 Å². The van der Waals surface area contributed by atoms with E-state index >= 15 is 0 Å². The third-order valence-corrected chi connectivity index (χ3v) is 3.92. The van der Waals surface area contributed by atoms with Crippen molar-refractivity contribution >= 4 is 16.9 Å². The summed E-state index contributed by atoms with van der Waals surface area (Å²) in [6, 6.07) is 5.73. The lowest BCUT2D eigenvalue weighted by molar-refractivity contribution is 0.0603. The monoisotopic (exact) mass is 258 g/mol. The molecule has 100 valence electrons. The molecule has 0 radical (unpaired) electrons. The van der Waals surface area contributed by atoms with E-state index in [0.29, 0.717) is 11.5 Å². The van der Waals surface area contributed by atoms with E-state index in [1.165, 1.54) is 12.7 Å². The van der Waals surface area contributed by atoms with Crippen LogP contribution in [0.2, 0.25) is 0 Å². The van der Waals surface area contributed by atoms with E-state index in [2.05, 4.69) is 10.3 Å². The summed E-state index contributed by atoms with van der Waals surface area (Å²) in [6.07, 6.45) is 4.28. The fraction of sp³-hybridized carbons (Fsp3) is 0.400. The van der Waals surface area contributed by atoms with Gasteiger partial charge in [0.2, 0.25) is 0 Å². The Kier molecular flexibility index (Phi) is 3.25. The normalized spacial score (nSPS) is 16.7. The van der Waals surface area contributed by atoms with Crippen molar-refractivity contribution in [3.8, 4) is 0 Å². The molecule has 4 nitrogen and oxygen atoms in total. The molecule has 1 fully saturated rings. The largest absolute Gasteiger partial charge is 0.465 e. The number of carbonyl (C=O) groups excluding carboxylic acids is 1. The quantitative estimate of drug-likeness (QED) is 0.813. The van der Waals surface area contributed by atoms with Gasteiger partial charge in [-0.3, -0.25) is 0 Å². The molecule has 1 aromatic carbocycles. The summed E-state index contributed by atoms with van der Waals surface area (Å²) < 4.78 is 4.89. The predicted octanol–water partition coefficient (Wildman–Crippen LogP) is 2.42. The van der Waals surface area contributed by atoms with E-state index in [-0.39, 0.29) is 5.97 Å². The van der Waals surface area contributed by atoms with Crippen LogP contribution < -0.4 is 5.32 Å². The number of H-pyrrole nitrogens is 1. The number of benzene rings is 1. The number of methoxy groups -OCH3 is 1.